The molecule has 0 spiro atoms. The summed E-state index contributed by atoms with van der Waals surface area (Å²) in [6.07, 6.45) is 3.20. The Balaban J connectivity index is 1.49. The number of ether oxygens (including phenoxy) is 1. The van der Waals surface area contributed by atoms with Crippen molar-refractivity contribution in [3.8, 4) is 5.75 Å². The maximum atomic E-state index is 12.9. The second-order valence-corrected chi connectivity index (χ2v) is 7.66. The second-order valence-electron chi connectivity index (χ2n) is 7.66. The lowest BCUT2D eigenvalue weighted by molar-refractivity contribution is -0.137. The first-order chi connectivity index (χ1) is 13.4. The molecule has 1 aromatic heterocycles. The molecule has 1 aliphatic carbocycles. The number of benzene rings is 1. The van der Waals surface area contributed by atoms with Crippen LogP contribution >= 0.6 is 0 Å². The summed E-state index contributed by atoms with van der Waals surface area (Å²) in [5.41, 5.74) is 0.495. The van der Waals surface area contributed by atoms with Gasteiger partial charge in [0.05, 0.1) is 11.7 Å². The van der Waals surface area contributed by atoms with Crippen molar-refractivity contribution in [3.63, 3.8) is 0 Å². The third-order valence-corrected chi connectivity index (χ3v) is 5.45. The van der Waals surface area contributed by atoms with Crippen molar-refractivity contribution < 1.29 is 17.9 Å². The van der Waals surface area contributed by atoms with E-state index < -0.39 is 11.7 Å². The van der Waals surface area contributed by atoms with Crippen LogP contribution in [-0.2, 0) is 12.7 Å². The molecule has 3 rings (SSSR count). The Labute approximate surface area is 164 Å². The van der Waals surface area contributed by atoms with E-state index in [2.05, 4.69) is 17.2 Å². The van der Waals surface area contributed by atoms with Crippen LogP contribution in [0.2, 0.25) is 0 Å². The molecule has 1 aliphatic rings. The minimum Gasteiger partial charge on any atom is -0.490 e. The van der Waals surface area contributed by atoms with Crippen molar-refractivity contribution in [1.82, 2.24) is 10.3 Å². The largest absolute Gasteiger partial charge is 0.490 e. The predicted octanol–water partition coefficient (Wildman–Crippen LogP) is 5.46. The van der Waals surface area contributed by atoms with Crippen LogP contribution in [0.5, 0.6) is 5.75 Å². The number of aromatic nitrogens is 1. The Hall–Kier alpha value is -2.08. The van der Waals surface area contributed by atoms with E-state index in [4.69, 9.17) is 4.74 Å². The van der Waals surface area contributed by atoms with E-state index in [1.54, 1.807) is 12.3 Å². The molecular weight excluding hydrogens is 365 g/mol. The fraction of sp³-hybridized carbons (Fsp3) is 0.500. The summed E-state index contributed by atoms with van der Waals surface area (Å²) in [7, 11) is 0. The zero-order chi connectivity index (χ0) is 20.0. The minimum atomic E-state index is -4.34. The summed E-state index contributed by atoms with van der Waals surface area (Å²) in [5.74, 6) is 1.29. The molecule has 2 unspecified atom stereocenters. The Morgan fingerprint density at radius 3 is 2.82 bits per heavy atom. The molecular formula is C22H27F3N2O. The number of pyridine rings is 1. The van der Waals surface area contributed by atoms with Crippen LogP contribution in [0.25, 0.3) is 0 Å². The number of nitrogens with one attached hydrogen (secondary N) is 1. The molecule has 0 aliphatic heterocycles. The quantitative estimate of drug-likeness (QED) is 0.679. The predicted molar refractivity (Wildman–Crippen MR) is 103 cm³/mol. The van der Waals surface area contributed by atoms with Gasteiger partial charge in [0.2, 0.25) is 0 Å². The first-order valence-corrected chi connectivity index (χ1v) is 9.85. The zero-order valence-corrected chi connectivity index (χ0v) is 16.1. The zero-order valence-electron chi connectivity index (χ0n) is 16.1. The third kappa shape index (κ3) is 5.96. The number of hydrogen-bond donors (Lipinski definition) is 1. The summed E-state index contributed by atoms with van der Waals surface area (Å²) < 4.78 is 44.6. The highest BCUT2D eigenvalue weighted by Crippen LogP contribution is 2.35. The van der Waals surface area contributed by atoms with Crippen LogP contribution < -0.4 is 10.1 Å². The van der Waals surface area contributed by atoms with Gasteiger partial charge in [-0.3, -0.25) is 4.98 Å². The van der Waals surface area contributed by atoms with Crippen LogP contribution in [0.4, 0.5) is 13.2 Å². The lowest BCUT2D eigenvalue weighted by Gasteiger charge is -2.33. The van der Waals surface area contributed by atoms with E-state index in [1.807, 2.05) is 18.3 Å². The van der Waals surface area contributed by atoms with Gasteiger partial charge in [0.15, 0.2) is 0 Å². The van der Waals surface area contributed by atoms with Gasteiger partial charge in [0.25, 0.3) is 0 Å². The van der Waals surface area contributed by atoms with E-state index in [0.29, 0.717) is 17.6 Å². The molecule has 1 fully saturated rings. The monoisotopic (exact) mass is 392 g/mol. The Morgan fingerprint density at radius 1 is 1.21 bits per heavy atom. The molecule has 1 saturated carbocycles. The summed E-state index contributed by atoms with van der Waals surface area (Å²) in [6, 6.07) is 9.16. The normalized spacial score (nSPS) is 21.3. The lowest BCUT2D eigenvalue weighted by atomic mass is 9.79. The van der Waals surface area contributed by atoms with Gasteiger partial charge < -0.3 is 10.1 Å². The van der Waals surface area contributed by atoms with Crippen LogP contribution in [0.15, 0.2) is 48.8 Å². The first kappa shape index (κ1) is 20.6. The number of halogens is 3. The highest BCUT2D eigenvalue weighted by molar-refractivity contribution is 5.30. The van der Waals surface area contributed by atoms with Gasteiger partial charge >= 0.3 is 6.18 Å². The van der Waals surface area contributed by atoms with E-state index in [-0.39, 0.29) is 6.10 Å². The summed E-state index contributed by atoms with van der Waals surface area (Å²) in [5, 5.41) is 3.48. The number of rotatable bonds is 7. The van der Waals surface area contributed by atoms with Crippen molar-refractivity contribution in [3.05, 3.63) is 59.9 Å². The Kier molecular flexibility index (Phi) is 6.94. The topological polar surface area (TPSA) is 34.2 Å². The molecule has 28 heavy (non-hydrogen) atoms. The molecule has 152 valence electrons. The van der Waals surface area contributed by atoms with Crippen LogP contribution in [-0.4, -0.2) is 17.6 Å². The second kappa shape index (κ2) is 9.41. The molecule has 1 N–H and O–H groups in total. The maximum absolute atomic E-state index is 12.9. The van der Waals surface area contributed by atoms with Gasteiger partial charge in [-0.25, -0.2) is 0 Å². The Bertz CT molecular complexity index is 736. The average molecular weight is 392 g/mol. The summed E-state index contributed by atoms with van der Waals surface area (Å²) in [6.45, 7) is 3.92. The fourth-order valence-electron chi connectivity index (χ4n) is 3.86. The van der Waals surface area contributed by atoms with Gasteiger partial charge in [-0.1, -0.05) is 19.1 Å². The van der Waals surface area contributed by atoms with Gasteiger partial charge in [-0.2, -0.15) is 13.2 Å². The molecule has 3 atom stereocenters. The van der Waals surface area contributed by atoms with Crippen LogP contribution in [0.3, 0.4) is 0 Å². The van der Waals surface area contributed by atoms with Gasteiger partial charge in [0.1, 0.15) is 5.75 Å². The van der Waals surface area contributed by atoms with E-state index >= 15 is 0 Å². The van der Waals surface area contributed by atoms with Gasteiger partial charge in [-0.15, -0.1) is 0 Å². The lowest BCUT2D eigenvalue weighted by Crippen LogP contribution is -2.33. The maximum Gasteiger partial charge on any atom is 0.416 e. The molecule has 0 radical (unpaired) electrons. The smallest absolute Gasteiger partial charge is 0.416 e. The van der Waals surface area contributed by atoms with Gasteiger partial charge in [-0.05, 0) is 73.9 Å². The minimum absolute atomic E-state index is 0.0250. The molecule has 2 aromatic rings. The van der Waals surface area contributed by atoms with Crippen molar-refractivity contribution in [1.29, 1.82) is 0 Å². The molecule has 3 nitrogen and oxygen atoms in total. The number of hydrogen-bond acceptors (Lipinski definition) is 3. The molecule has 0 amide bonds. The molecule has 1 aromatic carbocycles. The van der Waals surface area contributed by atoms with E-state index in [0.717, 1.165) is 56.5 Å². The van der Waals surface area contributed by atoms with Crippen molar-refractivity contribution >= 4 is 0 Å². The highest BCUT2D eigenvalue weighted by atomic mass is 19.4. The Morgan fingerprint density at radius 2 is 2.07 bits per heavy atom. The van der Waals surface area contributed by atoms with Crippen molar-refractivity contribution in [2.75, 3.05) is 6.54 Å². The molecule has 0 saturated heterocycles. The third-order valence-electron chi connectivity index (χ3n) is 5.45. The van der Waals surface area contributed by atoms with E-state index in [9.17, 15) is 13.2 Å². The highest BCUT2D eigenvalue weighted by Gasteiger charge is 2.31. The van der Waals surface area contributed by atoms with Crippen LogP contribution in [0.1, 0.15) is 43.7 Å². The molecule has 0 bridgehead atoms. The standard InChI is InChI=1S/C22H27F3N2O/c1-16(13-27-15-17-5-4-10-26-14-17)18-6-2-8-20(11-18)28-21-9-3-7-19(12-21)22(23,24)25/h3-5,7,9-10,12,14,16,18,20,27H,2,6,8,11,13,15H2,1H3/t16?,18-,20?/m0/s1. The summed E-state index contributed by atoms with van der Waals surface area (Å²) >= 11 is 0. The fourth-order valence-corrected chi connectivity index (χ4v) is 3.86. The van der Waals surface area contributed by atoms with Crippen molar-refractivity contribution in [2.24, 2.45) is 11.8 Å². The first-order valence-electron chi connectivity index (χ1n) is 9.85. The summed E-state index contributed by atoms with van der Waals surface area (Å²) in [4.78, 5) is 4.12. The van der Waals surface area contributed by atoms with Crippen LogP contribution in [0, 0.1) is 11.8 Å². The number of alkyl halides is 3. The number of nitrogens with zero attached hydrogens (tertiary/aromatic N) is 1. The van der Waals surface area contributed by atoms with Crippen molar-refractivity contribution in [2.45, 2.75) is 51.4 Å². The van der Waals surface area contributed by atoms with E-state index in [1.165, 1.54) is 6.07 Å². The van der Waals surface area contributed by atoms with Gasteiger partial charge in [0, 0.05) is 18.9 Å². The SMILES string of the molecule is CC(CNCc1cccnc1)[C@H]1CCCC(Oc2cccc(C(F)(F)F)c2)C1. The average Bonchev–Trinajstić information content (AvgIpc) is 2.68. The molecule has 1 heterocycles. The molecule has 6 heteroatoms.